The molecule has 2 aromatic rings. The summed E-state index contributed by atoms with van der Waals surface area (Å²) in [6.07, 6.45) is 0. The average molecular weight is 230 g/mol. The Labute approximate surface area is 102 Å². The molecule has 1 aromatic carbocycles. The van der Waals surface area contributed by atoms with Crippen LogP contribution in [0.4, 0.5) is 0 Å². The first kappa shape index (κ1) is 11.8. The molecule has 1 aromatic heterocycles. The van der Waals surface area contributed by atoms with Crippen molar-refractivity contribution in [3.8, 4) is 11.4 Å². The van der Waals surface area contributed by atoms with Crippen LogP contribution in [0.25, 0.3) is 11.4 Å². The third kappa shape index (κ3) is 2.54. The molecule has 0 aliphatic carbocycles. The summed E-state index contributed by atoms with van der Waals surface area (Å²) >= 11 is 0. The summed E-state index contributed by atoms with van der Waals surface area (Å²) < 4.78 is 5.01. The van der Waals surface area contributed by atoms with Crippen molar-refractivity contribution in [1.29, 1.82) is 0 Å². The van der Waals surface area contributed by atoms with Crippen LogP contribution in [-0.2, 0) is 0 Å². The summed E-state index contributed by atoms with van der Waals surface area (Å²) in [6, 6.07) is 8.37. The predicted molar refractivity (Wildman–Crippen MR) is 67.7 cm³/mol. The number of aromatic nitrogens is 2. The van der Waals surface area contributed by atoms with Crippen molar-refractivity contribution in [2.75, 3.05) is 0 Å². The van der Waals surface area contributed by atoms with E-state index in [9.17, 15) is 0 Å². The molecule has 1 unspecified atom stereocenters. The van der Waals surface area contributed by atoms with E-state index in [1.807, 2.05) is 6.07 Å². The minimum Gasteiger partial charge on any atom is -0.339 e. The number of hydrogen-bond acceptors (Lipinski definition) is 3. The van der Waals surface area contributed by atoms with Crippen molar-refractivity contribution in [3.63, 3.8) is 0 Å². The van der Waals surface area contributed by atoms with Crippen LogP contribution in [0, 0.1) is 12.8 Å². The molecule has 0 amide bonds. The minimum atomic E-state index is 0.531. The third-order valence-electron chi connectivity index (χ3n) is 3.20. The summed E-state index contributed by atoms with van der Waals surface area (Å²) in [6.45, 7) is 8.51. The fraction of sp³-hybridized carbons (Fsp3) is 0.429. The average Bonchev–Trinajstić information content (AvgIpc) is 2.75. The zero-order valence-electron chi connectivity index (χ0n) is 10.8. The molecule has 3 nitrogen and oxygen atoms in total. The molecule has 90 valence electrons. The van der Waals surface area contributed by atoms with Gasteiger partial charge in [0.1, 0.15) is 0 Å². The van der Waals surface area contributed by atoms with Gasteiger partial charge in [-0.1, -0.05) is 44.1 Å². The van der Waals surface area contributed by atoms with Crippen LogP contribution in [0.2, 0.25) is 0 Å². The number of hydrogen-bond donors (Lipinski definition) is 0. The lowest BCUT2D eigenvalue weighted by atomic mass is 9.89. The molecule has 17 heavy (non-hydrogen) atoms. The van der Waals surface area contributed by atoms with Gasteiger partial charge in [-0.05, 0) is 23.5 Å². The maximum atomic E-state index is 5.01. The van der Waals surface area contributed by atoms with Gasteiger partial charge in [0.25, 0.3) is 0 Å². The summed E-state index contributed by atoms with van der Waals surface area (Å²) in [5, 5.41) is 3.95. The van der Waals surface area contributed by atoms with E-state index < -0.39 is 0 Å². The molecule has 1 atom stereocenters. The van der Waals surface area contributed by atoms with Crippen LogP contribution >= 0.6 is 0 Å². The fourth-order valence-electron chi connectivity index (χ4n) is 1.76. The van der Waals surface area contributed by atoms with E-state index in [2.05, 4.69) is 49.1 Å². The van der Waals surface area contributed by atoms with Crippen molar-refractivity contribution >= 4 is 0 Å². The Balaban J connectivity index is 2.35. The van der Waals surface area contributed by atoms with Crippen LogP contribution in [0.15, 0.2) is 28.8 Å². The zero-order valence-corrected chi connectivity index (χ0v) is 10.8. The highest BCUT2D eigenvalue weighted by Gasteiger charge is 2.12. The normalized spacial score (nSPS) is 13.0. The molecule has 0 saturated heterocycles. The van der Waals surface area contributed by atoms with Crippen LogP contribution in [0.3, 0.4) is 0 Å². The van der Waals surface area contributed by atoms with E-state index in [0.717, 1.165) is 5.56 Å². The molecule has 0 spiro atoms. The van der Waals surface area contributed by atoms with Gasteiger partial charge < -0.3 is 4.52 Å². The Morgan fingerprint density at radius 2 is 1.94 bits per heavy atom. The van der Waals surface area contributed by atoms with Crippen LogP contribution < -0.4 is 0 Å². The smallest absolute Gasteiger partial charge is 0.223 e. The highest BCUT2D eigenvalue weighted by molar-refractivity contribution is 5.55. The molecule has 1 heterocycles. The van der Waals surface area contributed by atoms with E-state index in [0.29, 0.717) is 23.6 Å². The lowest BCUT2D eigenvalue weighted by molar-refractivity contribution is 0.394. The summed E-state index contributed by atoms with van der Waals surface area (Å²) in [5.74, 6) is 2.42. The van der Waals surface area contributed by atoms with Crippen molar-refractivity contribution in [3.05, 3.63) is 35.7 Å². The third-order valence-corrected chi connectivity index (χ3v) is 3.20. The highest BCUT2D eigenvalue weighted by Crippen LogP contribution is 2.26. The number of rotatable bonds is 3. The topological polar surface area (TPSA) is 38.9 Å². The Hall–Kier alpha value is -1.64. The van der Waals surface area contributed by atoms with Gasteiger partial charge in [-0.15, -0.1) is 0 Å². The Morgan fingerprint density at radius 1 is 1.18 bits per heavy atom. The van der Waals surface area contributed by atoms with E-state index in [4.69, 9.17) is 4.52 Å². The fourth-order valence-corrected chi connectivity index (χ4v) is 1.76. The van der Waals surface area contributed by atoms with Gasteiger partial charge >= 0.3 is 0 Å². The van der Waals surface area contributed by atoms with E-state index >= 15 is 0 Å². The molecule has 0 aliphatic rings. The van der Waals surface area contributed by atoms with Gasteiger partial charge in [0.05, 0.1) is 0 Å². The van der Waals surface area contributed by atoms with Crippen LogP contribution in [-0.4, -0.2) is 10.1 Å². The first-order chi connectivity index (χ1) is 8.08. The van der Waals surface area contributed by atoms with Gasteiger partial charge in [-0.3, -0.25) is 0 Å². The van der Waals surface area contributed by atoms with Crippen LogP contribution in [0.5, 0.6) is 0 Å². The van der Waals surface area contributed by atoms with Crippen molar-refractivity contribution < 1.29 is 4.52 Å². The Morgan fingerprint density at radius 3 is 2.53 bits per heavy atom. The Kier molecular flexibility index (Phi) is 3.27. The molecule has 0 aliphatic heterocycles. The summed E-state index contributed by atoms with van der Waals surface area (Å²) in [5.41, 5.74) is 2.34. The largest absolute Gasteiger partial charge is 0.339 e. The molecule has 0 radical (unpaired) electrons. The number of nitrogens with zero attached hydrogens (tertiary/aromatic N) is 2. The minimum absolute atomic E-state index is 0.531. The van der Waals surface area contributed by atoms with Gasteiger partial charge in [0.15, 0.2) is 0 Å². The van der Waals surface area contributed by atoms with E-state index in [1.54, 1.807) is 6.92 Å². The zero-order chi connectivity index (χ0) is 12.4. The lowest BCUT2D eigenvalue weighted by Crippen LogP contribution is -2.01. The van der Waals surface area contributed by atoms with Gasteiger partial charge in [0, 0.05) is 12.5 Å². The van der Waals surface area contributed by atoms with Crippen molar-refractivity contribution in [2.45, 2.75) is 33.6 Å². The summed E-state index contributed by atoms with van der Waals surface area (Å²) in [4.78, 5) is 4.25. The monoisotopic (exact) mass is 230 g/mol. The molecular formula is C14H18N2O. The quantitative estimate of drug-likeness (QED) is 0.805. The second-order valence-corrected chi connectivity index (χ2v) is 4.80. The van der Waals surface area contributed by atoms with Gasteiger partial charge in [-0.2, -0.15) is 4.98 Å². The second-order valence-electron chi connectivity index (χ2n) is 4.80. The molecule has 0 saturated carbocycles. The highest BCUT2D eigenvalue weighted by atomic mass is 16.5. The second kappa shape index (κ2) is 4.70. The molecule has 0 fully saturated rings. The van der Waals surface area contributed by atoms with Crippen molar-refractivity contribution in [2.24, 2.45) is 5.92 Å². The molecular weight excluding hydrogens is 212 g/mol. The first-order valence-electron chi connectivity index (χ1n) is 5.98. The molecule has 0 bridgehead atoms. The number of benzene rings is 1. The Bertz CT molecular complexity index is 502. The standard InChI is InChI=1S/C14H18N2O/c1-9(2)10(3)12-6-5-7-13(8-12)14-15-11(4)17-16-14/h5-10H,1-4H3. The maximum Gasteiger partial charge on any atom is 0.223 e. The van der Waals surface area contributed by atoms with Gasteiger partial charge in [-0.25, -0.2) is 0 Å². The van der Waals surface area contributed by atoms with Gasteiger partial charge in [0.2, 0.25) is 11.7 Å². The van der Waals surface area contributed by atoms with E-state index in [-0.39, 0.29) is 0 Å². The predicted octanol–water partition coefficient (Wildman–Crippen LogP) is 3.80. The summed E-state index contributed by atoms with van der Waals surface area (Å²) in [7, 11) is 0. The molecule has 2 rings (SSSR count). The number of aryl methyl sites for hydroxylation is 1. The van der Waals surface area contributed by atoms with Crippen LogP contribution in [0.1, 0.15) is 38.1 Å². The van der Waals surface area contributed by atoms with Crippen molar-refractivity contribution in [1.82, 2.24) is 10.1 Å². The maximum absolute atomic E-state index is 5.01. The lowest BCUT2D eigenvalue weighted by Gasteiger charge is -2.16. The first-order valence-corrected chi connectivity index (χ1v) is 5.98. The van der Waals surface area contributed by atoms with E-state index in [1.165, 1.54) is 5.56 Å². The SMILES string of the molecule is Cc1nc(-c2cccc(C(C)C(C)C)c2)no1. The molecule has 3 heteroatoms. The molecule has 0 N–H and O–H groups in total.